The molecule has 206 valence electrons. The van der Waals surface area contributed by atoms with Gasteiger partial charge >= 0.3 is 6.18 Å². The third kappa shape index (κ3) is 6.66. The van der Waals surface area contributed by atoms with E-state index in [1.807, 2.05) is 0 Å². The zero-order valence-electron chi connectivity index (χ0n) is 21.3. The summed E-state index contributed by atoms with van der Waals surface area (Å²) in [4.78, 5) is 12.9. The number of nitrogens with one attached hydrogen (secondary N) is 1. The highest BCUT2D eigenvalue weighted by molar-refractivity contribution is 7.91. The molecule has 1 N–H and O–H groups in total. The Balaban J connectivity index is 1.76. The molecule has 0 bridgehead atoms. The Morgan fingerprint density at radius 1 is 1.19 bits per heavy atom. The zero-order valence-corrected chi connectivity index (χ0v) is 22.8. The molecule has 0 atom stereocenters. The van der Waals surface area contributed by atoms with E-state index < -0.39 is 39.6 Å². The third-order valence-electron chi connectivity index (χ3n) is 7.06. The molecule has 1 heterocycles. The van der Waals surface area contributed by atoms with E-state index in [0.29, 0.717) is 32.2 Å². The van der Waals surface area contributed by atoms with Crippen molar-refractivity contribution in [2.75, 3.05) is 12.8 Å². The second-order valence-corrected chi connectivity index (χ2v) is 13.1. The second kappa shape index (κ2) is 10.9. The molecule has 1 aliphatic rings. The Morgan fingerprint density at radius 3 is 2.32 bits per heavy atom. The monoisotopic (exact) mass is 565 g/mol. The Morgan fingerprint density at radius 2 is 1.81 bits per heavy atom. The summed E-state index contributed by atoms with van der Waals surface area (Å²) >= 11 is 6.48. The van der Waals surface area contributed by atoms with Crippen molar-refractivity contribution in [3.63, 3.8) is 0 Å². The van der Waals surface area contributed by atoms with Crippen molar-refractivity contribution in [3.8, 4) is 11.3 Å². The minimum Gasteiger partial charge on any atom is -0.350 e. The van der Waals surface area contributed by atoms with Gasteiger partial charge in [0.2, 0.25) is 0 Å². The van der Waals surface area contributed by atoms with E-state index in [0.717, 1.165) is 19.9 Å². The molecule has 6 nitrogen and oxygen atoms in total. The molecule has 1 amide bonds. The van der Waals surface area contributed by atoms with E-state index in [1.165, 1.54) is 23.1 Å². The molecule has 0 unspecified atom stereocenters. The van der Waals surface area contributed by atoms with Crippen LogP contribution in [0.2, 0.25) is 5.02 Å². The van der Waals surface area contributed by atoms with Gasteiger partial charge in [-0.2, -0.15) is 18.3 Å². The number of sulfone groups is 1. The predicted molar refractivity (Wildman–Crippen MR) is 135 cm³/mol. The Bertz CT molecular complexity index is 1250. The molecular formula is C25H32ClF4N3O3S. The van der Waals surface area contributed by atoms with Gasteiger partial charge in [0, 0.05) is 24.9 Å². The van der Waals surface area contributed by atoms with Crippen molar-refractivity contribution in [2.45, 2.75) is 70.8 Å². The maximum absolute atomic E-state index is 15.1. The van der Waals surface area contributed by atoms with Gasteiger partial charge < -0.3 is 5.32 Å². The number of benzene rings is 1. The Hall–Kier alpha value is -2.14. The molecule has 0 radical (unpaired) electrons. The second-order valence-electron chi connectivity index (χ2n) is 10.4. The van der Waals surface area contributed by atoms with E-state index in [1.54, 1.807) is 6.92 Å². The van der Waals surface area contributed by atoms with Gasteiger partial charge in [-0.25, -0.2) is 12.8 Å². The zero-order chi connectivity index (χ0) is 27.8. The fourth-order valence-corrected chi connectivity index (χ4v) is 6.08. The van der Waals surface area contributed by atoms with E-state index in [4.69, 9.17) is 11.6 Å². The highest BCUT2D eigenvalue weighted by Crippen LogP contribution is 2.41. The summed E-state index contributed by atoms with van der Waals surface area (Å²) in [5.74, 6) is -1.17. The molecule has 0 spiro atoms. The fraction of sp³-hybridized carbons (Fsp3) is 0.600. The summed E-state index contributed by atoms with van der Waals surface area (Å²) in [6.07, 6.45) is -1.17. The van der Waals surface area contributed by atoms with Crippen LogP contribution in [0, 0.1) is 17.2 Å². The van der Waals surface area contributed by atoms with Crippen LogP contribution in [-0.4, -0.2) is 48.3 Å². The average Bonchev–Trinajstić information content (AvgIpc) is 3.12. The van der Waals surface area contributed by atoms with Crippen LogP contribution < -0.4 is 5.32 Å². The number of hydrogen-bond acceptors (Lipinski definition) is 4. The number of nitrogens with zero attached hydrogens (tertiary/aromatic N) is 2. The quantitative estimate of drug-likeness (QED) is 0.409. The predicted octanol–water partition coefficient (Wildman–Crippen LogP) is 5.83. The number of rotatable bonds is 8. The smallest absolute Gasteiger partial charge is 0.350 e. The highest BCUT2D eigenvalue weighted by atomic mass is 35.5. The summed E-state index contributed by atoms with van der Waals surface area (Å²) in [7, 11) is -3.08. The molecule has 3 rings (SSSR count). The van der Waals surface area contributed by atoms with Gasteiger partial charge in [-0.05, 0) is 62.6 Å². The number of aryl methyl sites for hydroxylation is 1. The van der Waals surface area contributed by atoms with Crippen LogP contribution in [-0.2, 0) is 22.8 Å². The molecule has 1 aromatic heterocycles. The normalized spacial score (nSPS) is 19.2. The van der Waals surface area contributed by atoms with Gasteiger partial charge in [0.25, 0.3) is 5.91 Å². The summed E-state index contributed by atoms with van der Waals surface area (Å²) in [6, 6.07) is 3.83. The first-order chi connectivity index (χ1) is 17.0. The van der Waals surface area contributed by atoms with Crippen molar-refractivity contribution >= 4 is 27.3 Å². The topological polar surface area (TPSA) is 81.1 Å². The molecule has 1 fully saturated rings. The lowest BCUT2D eigenvalue weighted by atomic mass is 9.85. The standard InChI is InChI=1S/C25H32ClF4N3O3S/c1-5-33-22(18-11-8-16(12-19(18)27)13-24(2,3)25(28,29)30)20(26)21(32-33)23(34)31-14-15-6-9-17(10-7-15)37(4,35)36/h8,11-12,15,17H,5-7,9-10,13-14H2,1-4H3,(H,31,34)/t15-,17-. The van der Waals surface area contributed by atoms with Crippen LogP contribution in [0.4, 0.5) is 17.6 Å². The van der Waals surface area contributed by atoms with Gasteiger partial charge in [-0.15, -0.1) is 0 Å². The van der Waals surface area contributed by atoms with Crippen LogP contribution in [0.3, 0.4) is 0 Å². The van der Waals surface area contributed by atoms with Crippen molar-refractivity contribution < 1.29 is 30.8 Å². The summed E-state index contributed by atoms with van der Waals surface area (Å²) in [5.41, 5.74) is -1.72. The molecular weight excluding hydrogens is 534 g/mol. The molecule has 1 aliphatic carbocycles. The maximum atomic E-state index is 15.1. The van der Waals surface area contributed by atoms with Gasteiger partial charge in [-0.1, -0.05) is 31.5 Å². The molecule has 0 saturated heterocycles. The minimum atomic E-state index is -4.44. The maximum Gasteiger partial charge on any atom is 0.394 e. The van der Waals surface area contributed by atoms with E-state index in [-0.39, 0.29) is 45.2 Å². The van der Waals surface area contributed by atoms with Gasteiger partial charge in [-0.3, -0.25) is 9.48 Å². The van der Waals surface area contributed by atoms with Gasteiger partial charge in [0.15, 0.2) is 5.69 Å². The van der Waals surface area contributed by atoms with Crippen molar-refractivity contribution in [2.24, 2.45) is 11.3 Å². The average molecular weight is 566 g/mol. The highest BCUT2D eigenvalue weighted by Gasteiger charge is 2.47. The fourth-order valence-electron chi connectivity index (χ4n) is 4.63. The number of amides is 1. The number of carbonyl (C=O) groups is 1. The molecule has 0 aliphatic heterocycles. The first kappa shape index (κ1) is 29.4. The van der Waals surface area contributed by atoms with Crippen LogP contribution in [0.25, 0.3) is 11.3 Å². The largest absolute Gasteiger partial charge is 0.394 e. The lowest BCUT2D eigenvalue weighted by Gasteiger charge is -2.27. The number of alkyl halides is 3. The summed E-state index contributed by atoms with van der Waals surface area (Å²) in [6.45, 7) is 4.47. The number of aromatic nitrogens is 2. The molecule has 2 aromatic rings. The Kier molecular flexibility index (Phi) is 8.68. The van der Waals surface area contributed by atoms with E-state index in [2.05, 4.69) is 10.4 Å². The lowest BCUT2D eigenvalue weighted by molar-refractivity contribution is -0.211. The van der Waals surface area contributed by atoms with Crippen LogP contribution in [0.15, 0.2) is 18.2 Å². The van der Waals surface area contributed by atoms with Crippen LogP contribution in [0.1, 0.15) is 62.5 Å². The van der Waals surface area contributed by atoms with Crippen LogP contribution >= 0.6 is 11.6 Å². The van der Waals surface area contributed by atoms with Crippen molar-refractivity contribution in [1.29, 1.82) is 0 Å². The van der Waals surface area contributed by atoms with Crippen molar-refractivity contribution in [1.82, 2.24) is 15.1 Å². The Labute approximate surface area is 219 Å². The summed E-state index contributed by atoms with van der Waals surface area (Å²) < 4.78 is 79.7. The first-order valence-corrected chi connectivity index (χ1v) is 14.5. The molecule has 1 aromatic carbocycles. The van der Waals surface area contributed by atoms with E-state index in [9.17, 15) is 26.4 Å². The van der Waals surface area contributed by atoms with E-state index >= 15 is 4.39 Å². The minimum absolute atomic E-state index is 0.0334. The molecule has 37 heavy (non-hydrogen) atoms. The lowest BCUT2D eigenvalue weighted by Crippen LogP contribution is -2.34. The molecule has 1 saturated carbocycles. The first-order valence-electron chi connectivity index (χ1n) is 12.1. The number of hydrogen-bond donors (Lipinski definition) is 1. The summed E-state index contributed by atoms with van der Waals surface area (Å²) in [5, 5.41) is 6.64. The van der Waals surface area contributed by atoms with Crippen molar-refractivity contribution in [3.05, 3.63) is 40.3 Å². The third-order valence-corrected chi connectivity index (χ3v) is 9.10. The van der Waals surface area contributed by atoms with Crippen LogP contribution in [0.5, 0.6) is 0 Å². The number of carbonyl (C=O) groups excluding carboxylic acids is 1. The number of halogens is 5. The van der Waals surface area contributed by atoms with Gasteiger partial charge in [0.1, 0.15) is 15.7 Å². The molecule has 12 heteroatoms. The van der Waals surface area contributed by atoms with Gasteiger partial charge in [0.05, 0.1) is 21.4 Å². The SMILES string of the molecule is CCn1nc(C(=O)NC[C@H]2CC[C@H](S(C)(=O)=O)CC2)c(Cl)c1-c1ccc(CC(C)(C)C(F)(F)F)cc1F.